The van der Waals surface area contributed by atoms with Crippen molar-refractivity contribution in [2.75, 3.05) is 46.0 Å². The molecule has 1 aromatic rings. The first kappa shape index (κ1) is 50.7. The predicted molar refractivity (Wildman–Crippen MR) is 228 cm³/mol. The maximum atomic E-state index is 13.8. The van der Waals surface area contributed by atoms with E-state index in [0.29, 0.717) is 38.2 Å². The van der Waals surface area contributed by atoms with Gasteiger partial charge in [-0.15, -0.1) is 0 Å². The van der Waals surface area contributed by atoms with Gasteiger partial charge >= 0.3 is 12.0 Å². The second kappa shape index (κ2) is 23.7. The lowest BCUT2D eigenvalue weighted by Crippen LogP contribution is -2.59. The minimum atomic E-state index is -1.40. The molecule has 1 aliphatic carbocycles. The molecule has 0 spiro atoms. The van der Waals surface area contributed by atoms with E-state index in [0.717, 1.165) is 0 Å². The van der Waals surface area contributed by atoms with Crippen LogP contribution in [-0.4, -0.2) is 145 Å². The maximum absolute atomic E-state index is 13.8. The van der Waals surface area contributed by atoms with Gasteiger partial charge in [-0.05, 0) is 58.4 Å². The summed E-state index contributed by atoms with van der Waals surface area (Å²) in [4.78, 5) is 119. The van der Waals surface area contributed by atoms with Crippen LogP contribution in [0.1, 0.15) is 95.0 Å². The highest BCUT2D eigenvalue weighted by Gasteiger charge is 2.47. The largest absolute Gasteiger partial charge is 0.483 e. The SMILES string of the molecule is CC(C)CC(NC(=O)C(CCCCN)NC(=O)C(CO)NC(=O)N1CCOCC1)C(=O)NC(CCC(N)=O)C(=O)NCCC(=O)OC1CC2=C(OC1(C)C)c1ccccc1C(=O)C2=O. The summed E-state index contributed by atoms with van der Waals surface area (Å²) in [6.07, 6.45) is -0.795. The predicted octanol–water partition coefficient (Wildman–Crippen LogP) is -0.922. The van der Waals surface area contributed by atoms with Gasteiger partial charge in [0, 0.05) is 43.6 Å². The second-order valence-corrected chi connectivity index (χ2v) is 16.8. The minimum absolute atomic E-state index is 0.0772. The first-order chi connectivity index (χ1) is 30.4. The van der Waals surface area contributed by atoms with Crippen LogP contribution in [0, 0.1) is 5.92 Å². The van der Waals surface area contributed by atoms with Crippen LogP contribution in [0.3, 0.4) is 0 Å². The molecule has 0 aromatic heterocycles. The smallest absolute Gasteiger partial charge is 0.318 e. The highest BCUT2D eigenvalue weighted by atomic mass is 16.6. The van der Waals surface area contributed by atoms with Crippen molar-refractivity contribution in [3.63, 3.8) is 0 Å². The number of Topliss-reactive ketones (excluding diaryl/α,β-unsaturated/α-hetero) is 2. The molecule has 2 heterocycles. The molecule has 0 radical (unpaired) electrons. The van der Waals surface area contributed by atoms with Crippen LogP contribution in [0.5, 0.6) is 0 Å². The van der Waals surface area contributed by atoms with Crippen LogP contribution in [0.2, 0.25) is 0 Å². The first-order valence-electron chi connectivity index (χ1n) is 21.6. The maximum Gasteiger partial charge on any atom is 0.318 e. The lowest BCUT2D eigenvalue weighted by atomic mass is 9.81. The number of aliphatic hydroxyl groups excluding tert-OH is 1. The van der Waals surface area contributed by atoms with E-state index in [1.165, 1.54) is 4.90 Å². The van der Waals surface area contributed by atoms with Crippen LogP contribution in [-0.2, 0) is 47.8 Å². The lowest BCUT2D eigenvalue weighted by molar-refractivity contribution is -0.163. The Hall–Kier alpha value is -5.93. The van der Waals surface area contributed by atoms with Crippen LogP contribution in [0.15, 0.2) is 29.8 Å². The molecular formula is C43H62N8O13. The molecule has 2 aliphatic heterocycles. The van der Waals surface area contributed by atoms with E-state index in [9.17, 15) is 48.3 Å². The van der Waals surface area contributed by atoms with Gasteiger partial charge < -0.3 is 62.3 Å². The van der Waals surface area contributed by atoms with Crippen LogP contribution < -0.4 is 38.1 Å². The number of carbonyl (C=O) groups excluding carboxylic acids is 9. The number of fused-ring (bicyclic) bond motifs is 2. The number of benzene rings is 1. The van der Waals surface area contributed by atoms with Gasteiger partial charge in [0.1, 0.15) is 41.6 Å². The molecule has 0 bridgehead atoms. The number of morpholine rings is 1. The number of nitrogens with zero attached hydrogens (tertiary/aromatic N) is 1. The summed E-state index contributed by atoms with van der Waals surface area (Å²) in [5.41, 5.74) is 10.7. The molecule has 5 unspecified atom stereocenters. The molecular weight excluding hydrogens is 837 g/mol. The monoisotopic (exact) mass is 898 g/mol. The summed E-state index contributed by atoms with van der Waals surface area (Å²) in [5, 5.41) is 22.8. The Morgan fingerprint density at radius 3 is 2.06 bits per heavy atom. The average molecular weight is 899 g/mol. The van der Waals surface area contributed by atoms with Crippen LogP contribution >= 0.6 is 0 Å². The van der Waals surface area contributed by atoms with Crippen molar-refractivity contribution in [1.82, 2.24) is 31.5 Å². The van der Waals surface area contributed by atoms with Gasteiger partial charge in [-0.2, -0.15) is 0 Å². The first-order valence-corrected chi connectivity index (χ1v) is 21.6. The molecule has 21 nitrogen and oxygen atoms in total. The highest BCUT2D eigenvalue weighted by molar-refractivity contribution is 6.52. The van der Waals surface area contributed by atoms with E-state index in [1.807, 2.05) is 0 Å². The Morgan fingerprint density at radius 2 is 1.44 bits per heavy atom. The van der Waals surface area contributed by atoms with Crippen molar-refractivity contribution in [1.29, 1.82) is 0 Å². The number of unbranched alkanes of at least 4 members (excludes halogenated alkanes) is 1. The average Bonchev–Trinajstić information content (AvgIpc) is 3.25. The number of hydrogen-bond donors (Lipinski definition) is 8. The second-order valence-electron chi connectivity index (χ2n) is 16.8. The Bertz CT molecular complexity index is 1950. The van der Waals surface area contributed by atoms with Gasteiger partial charge in [0.25, 0.3) is 0 Å². The van der Waals surface area contributed by atoms with Gasteiger partial charge in [-0.3, -0.25) is 38.4 Å². The van der Waals surface area contributed by atoms with E-state index in [1.54, 1.807) is 52.0 Å². The number of rotatable bonds is 22. The van der Waals surface area contributed by atoms with Crippen molar-refractivity contribution < 1.29 is 62.5 Å². The number of ether oxygens (including phenoxy) is 3. The highest BCUT2D eigenvalue weighted by Crippen LogP contribution is 2.42. The number of primary amides is 1. The van der Waals surface area contributed by atoms with E-state index in [2.05, 4.69) is 26.6 Å². The number of nitrogens with one attached hydrogen (secondary N) is 5. The van der Waals surface area contributed by atoms with Crippen molar-refractivity contribution in [2.45, 2.75) is 115 Å². The summed E-state index contributed by atoms with van der Waals surface area (Å²) in [6.45, 7) is 7.45. The molecule has 0 saturated carbocycles. The Labute approximate surface area is 371 Å². The van der Waals surface area contributed by atoms with Gasteiger partial charge in [0.15, 0.2) is 0 Å². The van der Waals surface area contributed by atoms with E-state index in [-0.39, 0.29) is 81.0 Å². The van der Waals surface area contributed by atoms with Gasteiger partial charge in [-0.1, -0.05) is 38.1 Å². The van der Waals surface area contributed by atoms with E-state index in [4.69, 9.17) is 25.7 Å². The fourth-order valence-corrected chi connectivity index (χ4v) is 7.32. The molecule has 5 atom stereocenters. The van der Waals surface area contributed by atoms with E-state index < -0.39 is 95.6 Å². The third-order valence-electron chi connectivity index (χ3n) is 10.9. The summed E-state index contributed by atoms with van der Waals surface area (Å²) in [7, 11) is 0. The van der Waals surface area contributed by atoms with Crippen LogP contribution in [0.4, 0.5) is 4.79 Å². The number of hydrogen-bond acceptors (Lipinski definition) is 14. The zero-order valence-corrected chi connectivity index (χ0v) is 36.8. The number of urea groups is 1. The molecule has 7 amide bonds. The number of amides is 7. The third-order valence-corrected chi connectivity index (χ3v) is 10.9. The minimum Gasteiger partial charge on any atom is -0.483 e. The molecule has 3 aliphatic rings. The Morgan fingerprint density at radius 1 is 0.828 bits per heavy atom. The number of carbonyl (C=O) groups is 9. The van der Waals surface area contributed by atoms with Crippen molar-refractivity contribution in [3.05, 3.63) is 41.0 Å². The molecule has 21 heteroatoms. The Balaban J connectivity index is 1.38. The summed E-state index contributed by atoms with van der Waals surface area (Å²) in [6, 6.07) is 0.819. The zero-order valence-electron chi connectivity index (χ0n) is 36.8. The standard InChI is InChI=1S/C43H62N8O13/c1-24(2)21-30(49-39(58)28(11-7-8-15-44)47-41(60)31(23-52)50-42(61)51-17-19-62-20-18-51)40(59)48-29(12-13-33(45)53)38(57)46-16-14-34(54)63-32-22-27-36(56)35(55)25-9-5-6-10-26(25)37(27)64-43(32,3)4/h5-6,9-10,24,28-32,52H,7-8,11-23,44H2,1-4H3,(H2,45,53)(H,46,57)(H,47,60)(H,48,59)(H,49,58)(H,50,61). The summed E-state index contributed by atoms with van der Waals surface area (Å²) < 4.78 is 17.1. The zero-order chi connectivity index (χ0) is 47.1. The number of ketones is 2. The topological polar surface area (TPSA) is 317 Å². The quantitative estimate of drug-likeness (QED) is 0.0397. The lowest BCUT2D eigenvalue weighted by Gasteiger charge is -2.41. The molecule has 4 rings (SSSR count). The van der Waals surface area contributed by atoms with E-state index >= 15 is 0 Å². The van der Waals surface area contributed by atoms with Gasteiger partial charge in [0.2, 0.25) is 41.1 Å². The van der Waals surface area contributed by atoms with Crippen molar-refractivity contribution in [2.24, 2.45) is 17.4 Å². The fourth-order valence-electron chi connectivity index (χ4n) is 7.32. The van der Waals surface area contributed by atoms with Gasteiger partial charge in [0.05, 0.1) is 31.8 Å². The number of esters is 1. The summed E-state index contributed by atoms with van der Waals surface area (Å²) >= 11 is 0. The normalized spacial score (nSPS) is 18.5. The molecule has 1 aromatic carbocycles. The Kier molecular flexibility index (Phi) is 18.8. The number of aliphatic hydroxyl groups is 1. The third kappa shape index (κ3) is 14.0. The van der Waals surface area contributed by atoms with Gasteiger partial charge in [-0.25, -0.2) is 4.79 Å². The van der Waals surface area contributed by atoms with Crippen molar-refractivity contribution in [3.8, 4) is 0 Å². The molecule has 64 heavy (non-hydrogen) atoms. The van der Waals surface area contributed by atoms with Crippen molar-refractivity contribution >= 4 is 58.9 Å². The summed E-state index contributed by atoms with van der Waals surface area (Å²) in [5.74, 6) is -5.97. The molecule has 1 fully saturated rings. The molecule has 352 valence electrons. The van der Waals surface area contributed by atoms with Crippen LogP contribution in [0.25, 0.3) is 5.76 Å². The number of nitrogens with two attached hydrogens (primary N) is 2. The molecule has 1 saturated heterocycles. The fraction of sp³-hybridized carbons (Fsp3) is 0.605. The molecule has 10 N–H and O–H groups in total.